The van der Waals surface area contributed by atoms with Gasteiger partial charge < -0.3 is 29.0 Å². The van der Waals surface area contributed by atoms with Crippen LogP contribution in [0.25, 0.3) is 0 Å². The number of ether oxygens (including phenoxy) is 4. The van der Waals surface area contributed by atoms with Gasteiger partial charge in [-0.05, 0) is 48.7 Å². The molecule has 0 saturated carbocycles. The van der Waals surface area contributed by atoms with Crippen LogP contribution in [0.1, 0.15) is 36.4 Å². The molecular formula is C24H27NO7. The second-order valence-corrected chi connectivity index (χ2v) is 7.75. The number of methoxy groups -OCH3 is 1. The molecule has 3 unspecified atom stereocenters. The van der Waals surface area contributed by atoms with E-state index in [1.54, 1.807) is 42.3 Å². The van der Waals surface area contributed by atoms with Crippen molar-refractivity contribution in [1.82, 2.24) is 4.90 Å². The Morgan fingerprint density at radius 2 is 1.84 bits per heavy atom. The number of hydrogen-bond donors (Lipinski definition) is 1. The Hall–Kier alpha value is -3.26. The Labute approximate surface area is 186 Å². The lowest BCUT2D eigenvalue weighted by atomic mass is 9.82. The number of carbonyl (C=O) groups is 2. The van der Waals surface area contributed by atoms with E-state index in [0.717, 1.165) is 5.56 Å². The zero-order valence-electron chi connectivity index (χ0n) is 18.2. The summed E-state index contributed by atoms with van der Waals surface area (Å²) >= 11 is 0. The molecule has 0 aromatic heterocycles. The molecule has 0 radical (unpaired) electrons. The van der Waals surface area contributed by atoms with Crippen molar-refractivity contribution in [3.05, 3.63) is 53.6 Å². The lowest BCUT2D eigenvalue weighted by molar-refractivity contribution is -0.143. The molecule has 0 aliphatic carbocycles. The highest BCUT2D eigenvalue weighted by Gasteiger charge is 2.52. The van der Waals surface area contributed by atoms with Crippen molar-refractivity contribution in [3.8, 4) is 17.2 Å². The summed E-state index contributed by atoms with van der Waals surface area (Å²) in [5.74, 6) is -1.24. The van der Waals surface area contributed by atoms with Gasteiger partial charge in [0.2, 0.25) is 12.7 Å². The third-order valence-electron chi connectivity index (χ3n) is 5.97. The van der Waals surface area contributed by atoms with Gasteiger partial charge in [0, 0.05) is 19.8 Å². The maximum absolute atomic E-state index is 13.6. The number of carboxylic acid groups (broad SMARTS) is 1. The van der Waals surface area contributed by atoms with Crippen molar-refractivity contribution < 1.29 is 33.6 Å². The van der Waals surface area contributed by atoms with E-state index in [1.807, 2.05) is 19.1 Å². The van der Waals surface area contributed by atoms with Crippen LogP contribution < -0.4 is 14.2 Å². The van der Waals surface area contributed by atoms with Gasteiger partial charge in [-0.25, -0.2) is 0 Å². The Kier molecular flexibility index (Phi) is 6.50. The van der Waals surface area contributed by atoms with Crippen LogP contribution in [0.3, 0.4) is 0 Å². The van der Waals surface area contributed by atoms with Crippen LogP contribution in [0.15, 0.2) is 42.5 Å². The monoisotopic (exact) mass is 441 g/mol. The van der Waals surface area contributed by atoms with Gasteiger partial charge >= 0.3 is 5.97 Å². The summed E-state index contributed by atoms with van der Waals surface area (Å²) in [7, 11) is 1.57. The number of amides is 1. The molecular weight excluding hydrogens is 414 g/mol. The first kappa shape index (κ1) is 22.0. The molecule has 32 heavy (non-hydrogen) atoms. The van der Waals surface area contributed by atoms with Gasteiger partial charge in [-0.1, -0.05) is 18.2 Å². The van der Waals surface area contributed by atoms with Crippen molar-refractivity contribution >= 4 is 11.9 Å². The molecule has 170 valence electrons. The predicted molar refractivity (Wildman–Crippen MR) is 115 cm³/mol. The topological polar surface area (TPSA) is 94.5 Å². The summed E-state index contributed by atoms with van der Waals surface area (Å²) in [6.45, 7) is 3.52. The number of aliphatic carboxylic acids is 1. The van der Waals surface area contributed by atoms with Crippen LogP contribution in [0.4, 0.5) is 0 Å². The molecule has 2 aromatic rings. The molecule has 8 nitrogen and oxygen atoms in total. The smallest absolute Gasteiger partial charge is 0.310 e. The molecule has 1 fully saturated rings. The van der Waals surface area contributed by atoms with Gasteiger partial charge in [0.25, 0.3) is 0 Å². The van der Waals surface area contributed by atoms with E-state index in [1.165, 1.54) is 0 Å². The van der Waals surface area contributed by atoms with Crippen LogP contribution in [-0.4, -0.2) is 55.5 Å². The molecule has 2 aliphatic heterocycles. The highest BCUT2D eigenvalue weighted by atomic mass is 16.7. The Bertz CT molecular complexity index is 975. The lowest BCUT2D eigenvalue weighted by Gasteiger charge is -2.27. The molecule has 3 atom stereocenters. The fourth-order valence-corrected chi connectivity index (χ4v) is 4.50. The van der Waals surface area contributed by atoms with E-state index in [4.69, 9.17) is 18.9 Å². The molecule has 1 saturated heterocycles. The fraction of sp³-hybridized carbons (Fsp3) is 0.417. The minimum Gasteiger partial charge on any atom is -0.497 e. The summed E-state index contributed by atoms with van der Waals surface area (Å²) in [6, 6.07) is 11.8. The average molecular weight is 441 g/mol. The van der Waals surface area contributed by atoms with Gasteiger partial charge in [0.15, 0.2) is 11.5 Å². The minimum atomic E-state index is -1.02. The van der Waals surface area contributed by atoms with E-state index >= 15 is 0 Å². The van der Waals surface area contributed by atoms with Crippen molar-refractivity contribution in [2.45, 2.75) is 25.3 Å². The van der Waals surface area contributed by atoms with Gasteiger partial charge in [-0.2, -0.15) is 0 Å². The molecule has 4 rings (SSSR count). The summed E-state index contributed by atoms with van der Waals surface area (Å²) < 4.78 is 21.5. The first-order chi connectivity index (χ1) is 15.5. The minimum absolute atomic E-state index is 0.109. The number of benzene rings is 2. The summed E-state index contributed by atoms with van der Waals surface area (Å²) in [6.07, 6.45) is 0.617. The maximum Gasteiger partial charge on any atom is 0.310 e. The van der Waals surface area contributed by atoms with Crippen LogP contribution in [0, 0.1) is 5.92 Å². The number of fused-ring (bicyclic) bond motifs is 1. The Morgan fingerprint density at radius 1 is 1.12 bits per heavy atom. The molecule has 1 N–H and O–H groups in total. The van der Waals surface area contributed by atoms with Crippen molar-refractivity contribution in [3.63, 3.8) is 0 Å². The second kappa shape index (κ2) is 9.48. The number of hydrogen-bond acceptors (Lipinski definition) is 6. The summed E-state index contributed by atoms with van der Waals surface area (Å²) in [4.78, 5) is 27.8. The highest BCUT2D eigenvalue weighted by molar-refractivity contribution is 5.94. The summed E-state index contributed by atoms with van der Waals surface area (Å²) in [5.41, 5.74) is 1.36. The molecule has 1 amide bonds. The second-order valence-electron chi connectivity index (χ2n) is 7.75. The quantitative estimate of drug-likeness (QED) is 0.597. The van der Waals surface area contributed by atoms with E-state index in [9.17, 15) is 14.7 Å². The average Bonchev–Trinajstić information content (AvgIpc) is 3.38. The van der Waals surface area contributed by atoms with E-state index in [2.05, 4.69) is 0 Å². The number of rotatable bonds is 9. The SMILES string of the molecule is CCOCCCN1C(=O)C(c2ccc3c(c2)OCO3)C(C(=O)O)C1c1ccc(OC)cc1. The predicted octanol–water partition coefficient (Wildman–Crippen LogP) is 3.22. The normalized spacial score (nSPS) is 21.8. The molecule has 2 aliphatic rings. The van der Waals surface area contributed by atoms with Crippen LogP contribution >= 0.6 is 0 Å². The summed E-state index contributed by atoms with van der Waals surface area (Å²) in [5, 5.41) is 10.2. The molecule has 8 heteroatoms. The number of carbonyl (C=O) groups excluding carboxylic acids is 1. The molecule has 0 bridgehead atoms. The number of carboxylic acids is 1. The van der Waals surface area contributed by atoms with E-state index in [0.29, 0.717) is 49.0 Å². The van der Waals surface area contributed by atoms with E-state index < -0.39 is 23.8 Å². The first-order valence-corrected chi connectivity index (χ1v) is 10.7. The zero-order valence-corrected chi connectivity index (χ0v) is 18.2. The molecule has 2 aromatic carbocycles. The standard InChI is InChI=1S/C24H27NO7/c1-3-30-12-4-11-25-22(15-5-8-17(29-2)9-6-15)21(24(27)28)20(23(25)26)16-7-10-18-19(13-16)32-14-31-18/h5-10,13,20-22H,3-4,11-12,14H2,1-2H3,(H,27,28). The molecule has 0 spiro atoms. The third kappa shape index (κ3) is 4.10. The lowest BCUT2D eigenvalue weighted by Crippen LogP contribution is -2.32. The maximum atomic E-state index is 13.6. The number of likely N-dealkylation sites (tertiary alicyclic amines) is 1. The fourth-order valence-electron chi connectivity index (χ4n) is 4.50. The molecule has 2 heterocycles. The van der Waals surface area contributed by atoms with Gasteiger partial charge in [-0.15, -0.1) is 0 Å². The third-order valence-corrected chi connectivity index (χ3v) is 5.97. The van der Waals surface area contributed by atoms with Crippen LogP contribution in [0.5, 0.6) is 17.2 Å². The van der Waals surface area contributed by atoms with Crippen LogP contribution in [0.2, 0.25) is 0 Å². The van der Waals surface area contributed by atoms with E-state index in [-0.39, 0.29) is 12.7 Å². The van der Waals surface area contributed by atoms with Gasteiger partial charge in [-0.3, -0.25) is 9.59 Å². The number of nitrogens with zero attached hydrogens (tertiary/aromatic N) is 1. The Balaban J connectivity index is 1.72. The van der Waals surface area contributed by atoms with Crippen molar-refractivity contribution in [2.24, 2.45) is 5.92 Å². The van der Waals surface area contributed by atoms with Gasteiger partial charge in [0.1, 0.15) is 5.75 Å². The highest BCUT2D eigenvalue weighted by Crippen LogP contribution is 2.48. The van der Waals surface area contributed by atoms with Crippen molar-refractivity contribution in [1.29, 1.82) is 0 Å². The van der Waals surface area contributed by atoms with Gasteiger partial charge in [0.05, 0.1) is 25.0 Å². The Morgan fingerprint density at radius 3 is 2.53 bits per heavy atom. The zero-order chi connectivity index (χ0) is 22.7. The first-order valence-electron chi connectivity index (χ1n) is 10.7. The van der Waals surface area contributed by atoms with Crippen molar-refractivity contribution in [2.75, 3.05) is 33.7 Å². The van der Waals surface area contributed by atoms with Crippen LogP contribution in [-0.2, 0) is 14.3 Å². The largest absolute Gasteiger partial charge is 0.497 e.